The molecule has 0 aliphatic carbocycles. The summed E-state index contributed by atoms with van der Waals surface area (Å²) in [5.41, 5.74) is 4.75. The van der Waals surface area contributed by atoms with Crippen molar-refractivity contribution >= 4 is 5.69 Å². The Labute approximate surface area is 72.2 Å². The topological polar surface area (TPSA) is 39.1 Å². The van der Waals surface area contributed by atoms with Gasteiger partial charge in [0.1, 0.15) is 0 Å². The normalized spacial score (nSPS) is 9.50. The lowest BCUT2D eigenvalue weighted by molar-refractivity contribution is 0.495. The van der Waals surface area contributed by atoms with E-state index in [1.165, 1.54) is 0 Å². The third kappa shape index (κ3) is 2.26. The third-order valence-corrected chi connectivity index (χ3v) is 1.37. The molecule has 62 valence electrons. The lowest BCUT2D eigenvalue weighted by Crippen LogP contribution is -2.19. The molecule has 1 N–H and O–H groups in total. The highest BCUT2D eigenvalue weighted by Gasteiger charge is 1.92. The van der Waals surface area contributed by atoms with Gasteiger partial charge >= 0.3 is 0 Å². The van der Waals surface area contributed by atoms with Gasteiger partial charge in [-0.3, -0.25) is 0 Å². The molecule has 12 heavy (non-hydrogen) atoms. The molecule has 0 bridgehead atoms. The Morgan fingerprint density at radius 2 is 1.83 bits per heavy atom. The maximum atomic E-state index is 8.53. The number of benzene rings is 1. The number of nitrogens with zero attached hydrogens (tertiary/aromatic N) is 2. The monoisotopic (exact) mass is 161 g/mol. The van der Waals surface area contributed by atoms with Crippen molar-refractivity contribution in [1.29, 1.82) is 5.26 Å². The van der Waals surface area contributed by atoms with Crippen molar-refractivity contribution in [3.8, 4) is 6.07 Å². The van der Waals surface area contributed by atoms with E-state index >= 15 is 0 Å². The summed E-state index contributed by atoms with van der Waals surface area (Å²) in [4.78, 5) is 0. The smallest absolute Gasteiger partial charge is 0.0991 e. The molecule has 1 aromatic rings. The summed E-state index contributed by atoms with van der Waals surface area (Å²) in [7, 11) is 3.83. The van der Waals surface area contributed by atoms with Crippen molar-refractivity contribution < 1.29 is 0 Å². The molecule has 0 heterocycles. The summed E-state index contributed by atoms with van der Waals surface area (Å²) in [5, 5.41) is 10.4. The molecule has 0 aliphatic rings. The first-order valence-electron chi connectivity index (χ1n) is 3.66. The second-order valence-electron chi connectivity index (χ2n) is 2.70. The predicted molar refractivity (Wildman–Crippen MR) is 48.5 cm³/mol. The molecule has 0 radical (unpaired) electrons. The van der Waals surface area contributed by atoms with Crippen molar-refractivity contribution in [1.82, 2.24) is 5.01 Å². The predicted octanol–water partition coefficient (Wildman–Crippen LogP) is 1.45. The zero-order valence-corrected chi connectivity index (χ0v) is 7.20. The van der Waals surface area contributed by atoms with Crippen LogP contribution in [-0.4, -0.2) is 19.1 Å². The van der Waals surface area contributed by atoms with E-state index in [0.29, 0.717) is 5.56 Å². The quantitative estimate of drug-likeness (QED) is 0.667. The number of rotatable bonds is 2. The van der Waals surface area contributed by atoms with Crippen LogP contribution < -0.4 is 5.43 Å². The fraction of sp³-hybridized carbons (Fsp3) is 0.222. The van der Waals surface area contributed by atoms with Gasteiger partial charge in [0.15, 0.2) is 0 Å². The summed E-state index contributed by atoms with van der Waals surface area (Å²) in [6.45, 7) is 0. The Bertz CT molecular complexity index is 282. The lowest BCUT2D eigenvalue weighted by atomic mass is 10.2. The fourth-order valence-corrected chi connectivity index (χ4v) is 0.877. The fourth-order valence-electron chi connectivity index (χ4n) is 0.877. The van der Waals surface area contributed by atoms with Crippen molar-refractivity contribution in [2.24, 2.45) is 0 Å². The zero-order valence-electron chi connectivity index (χ0n) is 7.20. The van der Waals surface area contributed by atoms with E-state index in [0.717, 1.165) is 5.69 Å². The second-order valence-corrected chi connectivity index (χ2v) is 2.70. The molecule has 0 atom stereocenters. The molecule has 0 aliphatic heterocycles. The van der Waals surface area contributed by atoms with E-state index in [-0.39, 0.29) is 0 Å². The molecular weight excluding hydrogens is 150 g/mol. The summed E-state index contributed by atoms with van der Waals surface area (Å²) in [6.07, 6.45) is 0. The third-order valence-electron chi connectivity index (χ3n) is 1.37. The molecule has 0 amide bonds. The maximum absolute atomic E-state index is 8.53. The number of nitriles is 1. The van der Waals surface area contributed by atoms with Crippen LogP contribution in [0.3, 0.4) is 0 Å². The van der Waals surface area contributed by atoms with Gasteiger partial charge in [-0.25, -0.2) is 5.01 Å². The first-order valence-corrected chi connectivity index (χ1v) is 3.66. The molecule has 1 rings (SSSR count). The first-order chi connectivity index (χ1) is 5.72. The lowest BCUT2D eigenvalue weighted by Gasteiger charge is -2.12. The van der Waals surface area contributed by atoms with E-state index in [2.05, 4.69) is 11.5 Å². The average Bonchev–Trinajstić information content (AvgIpc) is 2.05. The van der Waals surface area contributed by atoms with Crippen molar-refractivity contribution in [3.05, 3.63) is 29.8 Å². The molecular formula is C9H11N3. The van der Waals surface area contributed by atoms with E-state index in [1.807, 2.05) is 31.2 Å². The van der Waals surface area contributed by atoms with Crippen LogP contribution in [0.2, 0.25) is 0 Å². The minimum atomic E-state index is 0.680. The summed E-state index contributed by atoms with van der Waals surface area (Å²) >= 11 is 0. The van der Waals surface area contributed by atoms with Crippen LogP contribution in [0.25, 0.3) is 0 Å². The van der Waals surface area contributed by atoms with Gasteiger partial charge in [0.25, 0.3) is 0 Å². The van der Waals surface area contributed by atoms with Gasteiger partial charge in [-0.15, -0.1) is 0 Å². The van der Waals surface area contributed by atoms with Crippen molar-refractivity contribution in [2.45, 2.75) is 0 Å². The largest absolute Gasteiger partial charge is 0.319 e. The Morgan fingerprint density at radius 3 is 2.25 bits per heavy atom. The summed E-state index contributed by atoms with van der Waals surface area (Å²) in [5.74, 6) is 0. The van der Waals surface area contributed by atoms with Gasteiger partial charge in [-0.2, -0.15) is 5.26 Å². The van der Waals surface area contributed by atoms with E-state index in [9.17, 15) is 0 Å². The maximum Gasteiger partial charge on any atom is 0.0991 e. The minimum Gasteiger partial charge on any atom is -0.319 e. The Kier molecular flexibility index (Phi) is 2.67. The number of hydrogen-bond acceptors (Lipinski definition) is 3. The van der Waals surface area contributed by atoms with Crippen LogP contribution in [0.15, 0.2) is 24.3 Å². The molecule has 0 saturated carbocycles. The van der Waals surface area contributed by atoms with Crippen molar-refractivity contribution in [3.63, 3.8) is 0 Å². The SMILES string of the molecule is CN(C)Nc1ccc(C#N)cc1. The standard InChI is InChI=1S/C9H11N3/c1-12(2)11-9-5-3-8(7-10)4-6-9/h3-6,11H,1-2H3. The Balaban J connectivity index is 2.73. The van der Waals surface area contributed by atoms with Gasteiger partial charge in [0.2, 0.25) is 0 Å². The van der Waals surface area contributed by atoms with Crippen LogP contribution in [-0.2, 0) is 0 Å². The van der Waals surface area contributed by atoms with E-state index in [4.69, 9.17) is 5.26 Å². The Morgan fingerprint density at radius 1 is 1.25 bits per heavy atom. The van der Waals surface area contributed by atoms with Crippen LogP contribution in [0.5, 0.6) is 0 Å². The van der Waals surface area contributed by atoms with Crippen molar-refractivity contribution in [2.75, 3.05) is 19.5 Å². The molecule has 1 aromatic carbocycles. The molecule has 0 unspecified atom stereocenters. The van der Waals surface area contributed by atoms with E-state index < -0.39 is 0 Å². The molecule has 0 fully saturated rings. The van der Waals surface area contributed by atoms with Gasteiger partial charge in [0.05, 0.1) is 11.6 Å². The average molecular weight is 161 g/mol. The number of anilines is 1. The highest BCUT2D eigenvalue weighted by molar-refractivity contribution is 5.46. The highest BCUT2D eigenvalue weighted by Crippen LogP contribution is 2.08. The highest BCUT2D eigenvalue weighted by atomic mass is 15.5. The summed E-state index contributed by atoms with van der Waals surface area (Å²) in [6, 6.07) is 9.38. The van der Waals surface area contributed by atoms with Crippen LogP contribution in [0.1, 0.15) is 5.56 Å². The van der Waals surface area contributed by atoms with Gasteiger partial charge in [0, 0.05) is 19.8 Å². The number of nitrogens with one attached hydrogen (secondary N) is 1. The van der Waals surface area contributed by atoms with Gasteiger partial charge in [-0.1, -0.05) is 0 Å². The second kappa shape index (κ2) is 3.74. The molecule has 0 saturated heterocycles. The van der Waals surface area contributed by atoms with Gasteiger partial charge in [-0.05, 0) is 24.3 Å². The molecule has 0 aromatic heterocycles. The minimum absolute atomic E-state index is 0.680. The molecule has 3 heteroatoms. The number of hydrogen-bond donors (Lipinski definition) is 1. The first kappa shape index (κ1) is 8.57. The van der Waals surface area contributed by atoms with Gasteiger partial charge < -0.3 is 5.43 Å². The summed E-state index contributed by atoms with van der Waals surface area (Å²) < 4.78 is 0. The zero-order chi connectivity index (χ0) is 8.97. The molecule has 0 spiro atoms. The van der Waals surface area contributed by atoms with E-state index in [1.54, 1.807) is 12.1 Å². The van der Waals surface area contributed by atoms with Crippen LogP contribution in [0.4, 0.5) is 5.69 Å². The molecule has 3 nitrogen and oxygen atoms in total. The Hall–Kier alpha value is -1.53. The number of hydrazine groups is 1. The van der Waals surface area contributed by atoms with Crippen LogP contribution >= 0.6 is 0 Å². The van der Waals surface area contributed by atoms with Crippen LogP contribution in [0, 0.1) is 11.3 Å².